The molecule has 0 spiro atoms. The molecule has 134 valence electrons. The van der Waals surface area contributed by atoms with Crippen LogP contribution in [0.25, 0.3) is 12.2 Å². The maximum atomic E-state index is 6.32. The van der Waals surface area contributed by atoms with E-state index < -0.39 is 0 Å². The summed E-state index contributed by atoms with van der Waals surface area (Å²) in [6.45, 7) is 0.713. The predicted octanol–water partition coefficient (Wildman–Crippen LogP) is 5.31. The van der Waals surface area contributed by atoms with Gasteiger partial charge in [-0.15, -0.1) is 0 Å². The molecule has 4 N–H and O–H groups in total. The molecule has 2 aromatic carbocycles. The summed E-state index contributed by atoms with van der Waals surface area (Å²) in [6.07, 6.45) is 15.3. The molecule has 2 rings (SSSR count). The second kappa shape index (κ2) is 11.7. The van der Waals surface area contributed by atoms with Gasteiger partial charge in [0, 0.05) is 5.70 Å². The number of nitrogens with two attached hydrogens (primary N) is 2. The first-order valence-electron chi connectivity index (χ1n) is 9.11. The minimum atomic E-state index is 0.713. The highest BCUT2D eigenvalue weighted by Gasteiger charge is 1.99. The summed E-state index contributed by atoms with van der Waals surface area (Å²) in [5.41, 5.74) is 16.2. The van der Waals surface area contributed by atoms with Gasteiger partial charge in [-0.05, 0) is 48.6 Å². The number of hydrogen-bond donors (Lipinski definition) is 2. The summed E-state index contributed by atoms with van der Waals surface area (Å²) in [6, 6.07) is 20.5. The number of benzene rings is 2. The number of hydrogen-bond acceptors (Lipinski definition) is 2. The Kier molecular flexibility index (Phi) is 8.74. The van der Waals surface area contributed by atoms with Crippen molar-refractivity contribution in [3.05, 3.63) is 107 Å². The van der Waals surface area contributed by atoms with Crippen molar-refractivity contribution in [1.29, 1.82) is 0 Å². The zero-order valence-corrected chi connectivity index (χ0v) is 15.2. The van der Waals surface area contributed by atoms with Crippen LogP contribution in [-0.4, -0.2) is 6.54 Å². The maximum absolute atomic E-state index is 6.32. The van der Waals surface area contributed by atoms with Crippen molar-refractivity contribution in [1.82, 2.24) is 0 Å². The van der Waals surface area contributed by atoms with Crippen molar-refractivity contribution in [2.45, 2.75) is 19.3 Å². The zero-order chi connectivity index (χ0) is 18.5. The standard InChI is InChI=1S/C24H28N2/c25-20-8-7-17-23(18-9-15-21-11-3-1-4-12-21)24(26)19-10-16-22-13-5-2-6-14-22/h1-6,9-16,18-19H,7-8,17,20,25-26H2/b15-9+,16-10+,23-18-,24-19+. The van der Waals surface area contributed by atoms with E-state index in [9.17, 15) is 0 Å². The van der Waals surface area contributed by atoms with Gasteiger partial charge in [0.1, 0.15) is 0 Å². The Labute approximate surface area is 157 Å². The minimum Gasteiger partial charge on any atom is -0.399 e. The summed E-state index contributed by atoms with van der Waals surface area (Å²) in [4.78, 5) is 0. The van der Waals surface area contributed by atoms with Crippen molar-refractivity contribution in [2.75, 3.05) is 6.54 Å². The molecule has 0 aliphatic heterocycles. The average molecular weight is 345 g/mol. The molecule has 0 aliphatic rings. The van der Waals surface area contributed by atoms with Gasteiger partial charge >= 0.3 is 0 Å². The lowest BCUT2D eigenvalue weighted by molar-refractivity contribution is 0.741. The van der Waals surface area contributed by atoms with Crippen LogP contribution in [0, 0.1) is 0 Å². The largest absolute Gasteiger partial charge is 0.399 e. The summed E-state index contributed by atoms with van der Waals surface area (Å²) in [5, 5.41) is 0. The fraction of sp³-hybridized carbons (Fsp3) is 0.167. The fourth-order valence-electron chi connectivity index (χ4n) is 2.56. The lowest BCUT2D eigenvalue weighted by Crippen LogP contribution is -2.03. The van der Waals surface area contributed by atoms with Gasteiger partial charge < -0.3 is 11.5 Å². The van der Waals surface area contributed by atoms with Crippen molar-refractivity contribution >= 4 is 12.2 Å². The molecule has 2 aromatic rings. The molecule has 0 amide bonds. The molecule has 0 bridgehead atoms. The third-order valence-electron chi connectivity index (χ3n) is 4.02. The molecule has 2 nitrogen and oxygen atoms in total. The topological polar surface area (TPSA) is 52.0 Å². The second-order valence-corrected chi connectivity index (χ2v) is 6.10. The lowest BCUT2D eigenvalue weighted by atomic mass is 10.0. The fourth-order valence-corrected chi connectivity index (χ4v) is 2.56. The van der Waals surface area contributed by atoms with Crippen LogP contribution in [0.4, 0.5) is 0 Å². The van der Waals surface area contributed by atoms with Crippen LogP contribution in [0.2, 0.25) is 0 Å². The van der Waals surface area contributed by atoms with Gasteiger partial charge in [-0.25, -0.2) is 0 Å². The van der Waals surface area contributed by atoms with E-state index in [1.807, 2.05) is 48.6 Å². The second-order valence-electron chi connectivity index (χ2n) is 6.10. The van der Waals surface area contributed by atoms with E-state index >= 15 is 0 Å². The summed E-state index contributed by atoms with van der Waals surface area (Å²) >= 11 is 0. The monoisotopic (exact) mass is 344 g/mol. The Morgan fingerprint density at radius 2 is 1.27 bits per heavy atom. The molecule has 0 saturated heterocycles. The van der Waals surface area contributed by atoms with Gasteiger partial charge in [0.05, 0.1) is 0 Å². The first-order valence-corrected chi connectivity index (χ1v) is 9.11. The molecule has 0 radical (unpaired) electrons. The highest BCUT2D eigenvalue weighted by atomic mass is 14.6. The van der Waals surface area contributed by atoms with Crippen LogP contribution in [0.3, 0.4) is 0 Å². The third-order valence-corrected chi connectivity index (χ3v) is 4.02. The van der Waals surface area contributed by atoms with Crippen LogP contribution in [-0.2, 0) is 0 Å². The van der Waals surface area contributed by atoms with E-state index in [-0.39, 0.29) is 0 Å². The highest BCUT2D eigenvalue weighted by Crippen LogP contribution is 2.15. The normalized spacial score (nSPS) is 13.0. The smallest absolute Gasteiger partial charge is 0.0346 e. The van der Waals surface area contributed by atoms with Crippen molar-refractivity contribution in [2.24, 2.45) is 11.5 Å². The lowest BCUT2D eigenvalue weighted by Gasteiger charge is -2.06. The molecule has 2 heteroatoms. The van der Waals surface area contributed by atoms with E-state index in [2.05, 4.69) is 48.6 Å². The molecule has 0 fully saturated rings. The number of unbranched alkanes of at least 4 members (excludes halogenated alkanes) is 1. The predicted molar refractivity (Wildman–Crippen MR) is 114 cm³/mol. The maximum Gasteiger partial charge on any atom is 0.0346 e. The summed E-state index contributed by atoms with van der Waals surface area (Å²) in [5.74, 6) is 0. The Hall–Kier alpha value is -2.84. The number of allylic oxidation sites excluding steroid dienone is 5. The van der Waals surface area contributed by atoms with Gasteiger partial charge in [-0.3, -0.25) is 0 Å². The molecule has 0 atom stereocenters. The molecule has 0 aliphatic carbocycles. The van der Waals surface area contributed by atoms with Crippen LogP contribution < -0.4 is 11.5 Å². The van der Waals surface area contributed by atoms with Crippen molar-refractivity contribution in [3.63, 3.8) is 0 Å². The summed E-state index contributed by atoms with van der Waals surface area (Å²) < 4.78 is 0. The van der Waals surface area contributed by atoms with Gasteiger partial charge in [0.15, 0.2) is 0 Å². The minimum absolute atomic E-state index is 0.713. The Balaban J connectivity index is 2.08. The first-order chi connectivity index (χ1) is 12.8. The van der Waals surface area contributed by atoms with Gasteiger partial charge in [0.2, 0.25) is 0 Å². The van der Waals surface area contributed by atoms with Crippen LogP contribution in [0.15, 0.2) is 96.2 Å². The third kappa shape index (κ3) is 7.37. The number of rotatable bonds is 9. The van der Waals surface area contributed by atoms with Crippen LogP contribution in [0.1, 0.15) is 30.4 Å². The summed E-state index contributed by atoms with van der Waals surface area (Å²) in [7, 11) is 0. The van der Waals surface area contributed by atoms with E-state index in [0.717, 1.165) is 36.1 Å². The Morgan fingerprint density at radius 3 is 1.81 bits per heavy atom. The van der Waals surface area contributed by atoms with E-state index in [1.165, 1.54) is 5.56 Å². The van der Waals surface area contributed by atoms with E-state index in [0.29, 0.717) is 6.54 Å². The van der Waals surface area contributed by atoms with Crippen molar-refractivity contribution < 1.29 is 0 Å². The first kappa shape index (κ1) is 19.5. The molecule has 0 saturated carbocycles. The van der Waals surface area contributed by atoms with E-state index in [4.69, 9.17) is 11.5 Å². The van der Waals surface area contributed by atoms with Gasteiger partial charge in [0.25, 0.3) is 0 Å². The molecular formula is C24H28N2. The highest BCUT2D eigenvalue weighted by molar-refractivity contribution is 5.53. The zero-order valence-electron chi connectivity index (χ0n) is 15.2. The molecule has 26 heavy (non-hydrogen) atoms. The van der Waals surface area contributed by atoms with Crippen molar-refractivity contribution in [3.8, 4) is 0 Å². The Morgan fingerprint density at radius 1 is 0.731 bits per heavy atom. The molecule has 0 unspecified atom stereocenters. The Bertz CT molecular complexity index is 753. The van der Waals surface area contributed by atoms with Gasteiger partial charge in [-0.2, -0.15) is 0 Å². The van der Waals surface area contributed by atoms with Crippen LogP contribution in [0.5, 0.6) is 0 Å². The molecule has 0 heterocycles. The van der Waals surface area contributed by atoms with Crippen LogP contribution >= 0.6 is 0 Å². The SMILES string of the molecule is NCCCCC(=C/C=C/c1ccccc1)/C(N)=C\C=C\c1ccccc1. The average Bonchev–Trinajstić information content (AvgIpc) is 2.68. The quantitative estimate of drug-likeness (QED) is 0.478. The molecule has 0 aromatic heterocycles. The van der Waals surface area contributed by atoms with E-state index in [1.54, 1.807) is 0 Å². The van der Waals surface area contributed by atoms with Gasteiger partial charge in [-0.1, -0.05) is 91.0 Å². The molecular weight excluding hydrogens is 316 g/mol.